The number of hydrogen-bond acceptors (Lipinski definition) is 2. The first kappa shape index (κ1) is 14.6. The Bertz CT molecular complexity index is 440. The lowest BCUT2D eigenvalue weighted by Gasteiger charge is -2.30. The van der Waals surface area contributed by atoms with E-state index in [1.54, 1.807) is 0 Å². The van der Waals surface area contributed by atoms with E-state index in [0.29, 0.717) is 5.92 Å². The van der Waals surface area contributed by atoms with Crippen molar-refractivity contribution in [3.63, 3.8) is 0 Å². The van der Waals surface area contributed by atoms with E-state index in [0.717, 1.165) is 38.5 Å². The maximum absolute atomic E-state index is 12.2. The normalized spacial score (nSPS) is 27.2. The van der Waals surface area contributed by atoms with Crippen LogP contribution in [-0.2, 0) is 9.53 Å². The molecular weight excluding hydrogens is 260 g/mol. The fourth-order valence-electron chi connectivity index (χ4n) is 3.84. The van der Waals surface area contributed by atoms with Crippen LogP contribution in [0.15, 0.2) is 30.3 Å². The molecular formula is C19H26O2. The minimum atomic E-state index is 0.0814. The third-order valence-electron chi connectivity index (χ3n) is 5.17. The lowest BCUT2D eigenvalue weighted by molar-refractivity contribution is -0.156. The van der Waals surface area contributed by atoms with Gasteiger partial charge in [-0.2, -0.15) is 0 Å². The molecule has 0 bridgehead atoms. The molecule has 2 heteroatoms. The van der Waals surface area contributed by atoms with Gasteiger partial charge < -0.3 is 4.74 Å². The van der Waals surface area contributed by atoms with Crippen molar-refractivity contribution in [1.29, 1.82) is 0 Å². The van der Waals surface area contributed by atoms with Crippen LogP contribution >= 0.6 is 0 Å². The Labute approximate surface area is 127 Å². The molecule has 0 aliphatic heterocycles. The second kappa shape index (κ2) is 7.11. The van der Waals surface area contributed by atoms with Gasteiger partial charge >= 0.3 is 5.97 Å². The highest BCUT2D eigenvalue weighted by molar-refractivity contribution is 5.72. The van der Waals surface area contributed by atoms with E-state index in [4.69, 9.17) is 4.74 Å². The number of carbonyl (C=O) groups excluding carboxylic acids is 1. The largest absolute Gasteiger partial charge is 0.462 e. The van der Waals surface area contributed by atoms with E-state index >= 15 is 0 Å². The van der Waals surface area contributed by atoms with E-state index in [1.807, 2.05) is 0 Å². The third-order valence-corrected chi connectivity index (χ3v) is 5.17. The van der Waals surface area contributed by atoms with E-state index in [-0.39, 0.29) is 18.0 Å². The average molecular weight is 286 g/mol. The summed E-state index contributed by atoms with van der Waals surface area (Å²) in [5.74, 6) is 0.916. The summed E-state index contributed by atoms with van der Waals surface area (Å²) in [4.78, 5) is 12.2. The van der Waals surface area contributed by atoms with Crippen LogP contribution < -0.4 is 0 Å². The lowest BCUT2D eigenvalue weighted by Crippen LogP contribution is -2.28. The van der Waals surface area contributed by atoms with Crippen molar-refractivity contribution in [3.8, 4) is 0 Å². The lowest BCUT2D eigenvalue weighted by atomic mass is 9.82. The van der Waals surface area contributed by atoms with Gasteiger partial charge in [-0.25, -0.2) is 0 Å². The van der Waals surface area contributed by atoms with Crippen molar-refractivity contribution < 1.29 is 9.53 Å². The van der Waals surface area contributed by atoms with Crippen LogP contribution in [0, 0.1) is 5.92 Å². The molecule has 114 valence electrons. The van der Waals surface area contributed by atoms with Gasteiger partial charge in [-0.05, 0) is 50.0 Å². The van der Waals surface area contributed by atoms with Crippen molar-refractivity contribution in [2.24, 2.45) is 5.92 Å². The van der Waals surface area contributed by atoms with Gasteiger partial charge in [0.15, 0.2) is 0 Å². The van der Waals surface area contributed by atoms with Gasteiger partial charge in [0, 0.05) is 0 Å². The van der Waals surface area contributed by atoms with Crippen molar-refractivity contribution in [1.82, 2.24) is 0 Å². The Morgan fingerprint density at radius 1 is 0.857 bits per heavy atom. The topological polar surface area (TPSA) is 26.3 Å². The zero-order chi connectivity index (χ0) is 14.5. The van der Waals surface area contributed by atoms with E-state index in [2.05, 4.69) is 30.3 Å². The first-order chi connectivity index (χ1) is 10.3. The van der Waals surface area contributed by atoms with E-state index in [9.17, 15) is 4.79 Å². The predicted octanol–water partition coefficient (Wildman–Crippen LogP) is 4.84. The Hall–Kier alpha value is -1.31. The number of esters is 1. The second-order valence-corrected chi connectivity index (χ2v) is 6.66. The summed E-state index contributed by atoms with van der Waals surface area (Å²) >= 11 is 0. The summed E-state index contributed by atoms with van der Waals surface area (Å²) in [6.45, 7) is 0. The number of benzene rings is 1. The SMILES string of the molecule is O=C(OC1CCC(c2ccccc2)CC1)C1CCCCC1. The van der Waals surface area contributed by atoms with Gasteiger partial charge in [0.05, 0.1) is 5.92 Å². The molecule has 0 atom stereocenters. The summed E-state index contributed by atoms with van der Waals surface area (Å²) in [7, 11) is 0. The van der Waals surface area contributed by atoms with Crippen LogP contribution in [0.4, 0.5) is 0 Å². The molecule has 0 heterocycles. The maximum atomic E-state index is 12.2. The summed E-state index contributed by atoms with van der Waals surface area (Å²) in [5.41, 5.74) is 1.44. The zero-order valence-electron chi connectivity index (χ0n) is 12.8. The molecule has 0 N–H and O–H groups in total. The van der Waals surface area contributed by atoms with Crippen molar-refractivity contribution in [2.45, 2.75) is 69.8 Å². The van der Waals surface area contributed by atoms with Crippen LogP contribution in [-0.4, -0.2) is 12.1 Å². The van der Waals surface area contributed by atoms with Crippen molar-refractivity contribution >= 4 is 5.97 Å². The van der Waals surface area contributed by atoms with Crippen molar-refractivity contribution in [2.75, 3.05) is 0 Å². The fourth-order valence-corrected chi connectivity index (χ4v) is 3.84. The second-order valence-electron chi connectivity index (χ2n) is 6.66. The first-order valence-electron chi connectivity index (χ1n) is 8.58. The molecule has 2 fully saturated rings. The Morgan fingerprint density at radius 3 is 2.19 bits per heavy atom. The first-order valence-corrected chi connectivity index (χ1v) is 8.58. The minimum absolute atomic E-state index is 0.0814. The summed E-state index contributed by atoms with van der Waals surface area (Å²) in [5, 5.41) is 0. The van der Waals surface area contributed by atoms with Crippen LogP contribution in [0.5, 0.6) is 0 Å². The molecule has 0 aromatic heterocycles. The summed E-state index contributed by atoms with van der Waals surface area (Å²) < 4.78 is 5.78. The maximum Gasteiger partial charge on any atom is 0.309 e. The standard InChI is InChI=1S/C19H26O2/c20-19(17-9-5-2-6-10-17)21-18-13-11-16(12-14-18)15-7-3-1-4-8-15/h1,3-4,7-8,16-18H,2,5-6,9-14H2. The van der Waals surface area contributed by atoms with Crippen LogP contribution in [0.25, 0.3) is 0 Å². The number of ether oxygens (including phenoxy) is 1. The smallest absolute Gasteiger partial charge is 0.309 e. The summed E-state index contributed by atoms with van der Waals surface area (Å²) in [6.07, 6.45) is 10.3. The van der Waals surface area contributed by atoms with Gasteiger partial charge in [-0.1, -0.05) is 49.6 Å². The minimum Gasteiger partial charge on any atom is -0.462 e. The zero-order valence-corrected chi connectivity index (χ0v) is 12.8. The monoisotopic (exact) mass is 286 g/mol. The molecule has 21 heavy (non-hydrogen) atoms. The molecule has 0 spiro atoms. The molecule has 0 radical (unpaired) electrons. The molecule has 0 saturated heterocycles. The van der Waals surface area contributed by atoms with E-state index in [1.165, 1.54) is 24.8 Å². The molecule has 0 amide bonds. The molecule has 2 aliphatic carbocycles. The fraction of sp³-hybridized carbons (Fsp3) is 0.632. The highest BCUT2D eigenvalue weighted by Gasteiger charge is 2.28. The summed E-state index contributed by atoms with van der Waals surface area (Å²) in [6, 6.07) is 10.7. The highest BCUT2D eigenvalue weighted by atomic mass is 16.5. The average Bonchev–Trinajstić information content (AvgIpc) is 2.57. The molecule has 1 aromatic carbocycles. The van der Waals surface area contributed by atoms with E-state index < -0.39 is 0 Å². The molecule has 1 aromatic rings. The molecule has 0 unspecified atom stereocenters. The third kappa shape index (κ3) is 3.87. The Kier molecular flexibility index (Phi) is 4.95. The molecule has 3 rings (SSSR count). The van der Waals surface area contributed by atoms with Crippen LogP contribution in [0.3, 0.4) is 0 Å². The Balaban J connectivity index is 1.46. The van der Waals surface area contributed by atoms with Crippen molar-refractivity contribution in [3.05, 3.63) is 35.9 Å². The number of hydrogen-bond donors (Lipinski definition) is 0. The van der Waals surface area contributed by atoms with Gasteiger partial charge in [0.2, 0.25) is 0 Å². The molecule has 2 aliphatic rings. The number of rotatable bonds is 3. The van der Waals surface area contributed by atoms with Crippen LogP contribution in [0.1, 0.15) is 69.3 Å². The van der Waals surface area contributed by atoms with Gasteiger partial charge in [0.1, 0.15) is 6.10 Å². The molecule has 2 saturated carbocycles. The van der Waals surface area contributed by atoms with Gasteiger partial charge in [0.25, 0.3) is 0 Å². The highest BCUT2D eigenvalue weighted by Crippen LogP contribution is 2.34. The predicted molar refractivity (Wildman–Crippen MR) is 84.1 cm³/mol. The Morgan fingerprint density at radius 2 is 1.52 bits per heavy atom. The van der Waals surface area contributed by atoms with Crippen LogP contribution in [0.2, 0.25) is 0 Å². The number of carbonyl (C=O) groups is 1. The quantitative estimate of drug-likeness (QED) is 0.743. The molecule has 2 nitrogen and oxygen atoms in total. The van der Waals surface area contributed by atoms with Gasteiger partial charge in [-0.15, -0.1) is 0 Å². The van der Waals surface area contributed by atoms with Gasteiger partial charge in [-0.3, -0.25) is 4.79 Å².